The fourth-order valence-corrected chi connectivity index (χ4v) is 1.56. The van der Waals surface area contributed by atoms with Crippen LogP contribution in [0.5, 0.6) is 0 Å². The van der Waals surface area contributed by atoms with Crippen LogP contribution in [0.1, 0.15) is 0 Å². The third-order valence-electron chi connectivity index (χ3n) is 2.06. The Morgan fingerprint density at radius 3 is 2.41 bits per heavy atom. The molecular weight excluding hydrogens is 263 g/mol. The molecule has 0 saturated carbocycles. The fourth-order valence-electron chi connectivity index (χ4n) is 1.28. The number of alkyl halides is 1. The summed E-state index contributed by atoms with van der Waals surface area (Å²) in [5.74, 6) is -0.373. The van der Waals surface area contributed by atoms with Gasteiger partial charge in [0, 0.05) is 18.8 Å². The summed E-state index contributed by atoms with van der Waals surface area (Å²) in [5, 5.41) is 1.98. The van der Waals surface area contributed by atoms with Crippen molar-refractivity contribution in [2.24, 2.45) is 0 Å². The Labute approximate surface area is 109 Å². The van der Waals surface area contributed by atoms with Crippen LogP contribution in [0.4, 0.5) is 10.5 Å². The molecule has 92 valence electrons. The standard InChI is InChI=1S/C11H12Cl2N2O2/c12-8-10(16)14-6-7-15(11(13)17)9-4-2-1-3-5-9/h1-5H,6-8H2,(H,14,16). The first-order valence-corrected chi connectivity index (χ1v) is 5.91. The molecule has 1 N–H and O–H groups in total. The number of carbonyl (C=O) groups is 2. The molecule has 1 rings (SSSR count). The van der Waals surface area contributed by atoms with Crippen molar-refractivity contribution in [3.63, 3.8) is 0 Å². The Balaban J connectivity index is 2.56. The number of amides is 2. The molecule has 1 aromatic rings. The molecule has 0 spiro atoms. The van der Waals surface area contributed by atoms with E-state index in [4.69, 9.17) is 23.2 Å². The molecule has 2 amide bonds. The van der Waals surface area contributed by atoms with Gasteiger partial charge < -0.3 is 5.32 Å². The van der Waals surface area contributed by atoms with Crippen LogP contribution in [0.3, 0.4) is 0 Å². The number of rotatable bonds is 5. The maximum absolute atomic E-state index is 11.2. The molecule has 0 saturated heterocycles. The molecular formula is C11H12Cl2N2O2. The Morgan fingerprint density at radius 2 is 1.88 bits per heavy atom. The predicted molar refractivity (Wildman–Crippen MR) is 68.8 cm³/mol. The minimum atomic E-state index is -0.587. The quantitative estimate of drug-likeness (QED) is 0.509. The van der Waals surface area contributed by atoms with E-state index < -0.39 is 5.37 Å². The van der Waals surface area contributed by atoms with Gasteiger partial charge in [-0.25, -0.2) is 0 Å². The largest absolute Gasteiger partial charge is 0.353 e. The number of hydrogen-bond acceptors (Lipinski definition) is 2. The maximum atomic E-state index is 11.2. The van der Waals surface area contributed by atoms with E-state index >= 15 is 0 Å². The van der Waals surface area contributed by atoms with Crippen LogP contribution in [-0.4, -0.2) is 30.2 Å². The van der Waals surface area contributed by atoms with Crippen LogP contribution in [0.15, 0.2) is 30.3 Å². The first-order valence-electron chi connectivity index (χ1n) is 5.00. The zero-order chi connectivity index (χ0) is 12.7. The van der Waals surface area contributed by atoms with E-state index in [9.17, 15) is 9.59 Å². The van der Waals surface area contributed by atoms with Crippen LogP contribution in [0.25, 0.3) is 0 Å². The predicted octanol–water partition coefficient (Wildman–Crippen LogP) is 2.21. The molecule has 0 aliphatic heterocycles. The second kappa shape index (κ2) is 7.14. The van der Waals surface area contributed by atoms with Crippen LogP contribution in [0, 0.1) is 0 Å². The average Bonchev–Trinajstić information content (AvgIpc) is 2.34. The fraction of sp³-hybridized carbons (Fsp3) is 0.273. The first kappa shape index (κ1) is 13.8. The molecule has 0 bridgehead atoms. The Bertz CT molecular complexity index is 384. The molecule has 0 unspecified atom stereocenters. The smallest absolute Gasteiger partial charge is 0.320 e. The number of anilines is 1. The Hall–Kier alpha value is -1.26. The van der Waals surface area contributed by atoms with E-state index in [1.165, 1.54) is 4.90 Å². The lowest BCUT2D eigenvalue weighted by atomic mass is 10.3. The van der Waals surface area contributed by atoms with Crippen molar-refractivity contribution in [1.29, 1.82) is 0 Å². The van der Waals surface area contributed by atoms with Crippen molar-refractivity contribution in [3.05, 3.63) is 30.3 Å². The van der Waals surface area contributed by atoms with Gasteiger partial charge in [0.05, 0.1) is 0 Å². The van der Waals surface area contributed by atoms with Gasteiger partial charge >= 0.3 is 5.37 Å². The molecule has 0 aliphatic rings. The number of para-hydroxylation sites is 1. The molecule has 0 fully saturated rings. The number of halogens is 2. The third kappa shape index (κ3) is 4.63. The normalized spacial score (nSPS) is 9.76. The summed E-state index contributed by atoms with van der Waals surface area (Å²) in [6.45, 7) is 0.605. The van der Waals surface area contributed by atoms with E-state index in [2.05, 4.69) is 5.32 Å². The van der Waals surface area contributed by atoms with E-state index in [1.807, 2.05) is 6.07 Å². The van der Waals surface area contributed by atoms with Gasteiger partial charge in [0.1, 0.15) is 5.88 Å². The lowest BCUT2D eigenvalue weighted by Gasteiger charge is -2.19. The number of benzene rings is 1. The van der Waals surface area contributed by atoms with Crippen LogP contribution < -0.4 is 10.2 Å². The van der Waals surface area contributed by atoms with E-state index in [0.29, 0.717) is 18.8 Å². The maximum Gasteiger partial charge on any atom is 0.320 e. The molecule has 0 aliphatic carbocycles. The van der Waals surface area contributed by atoms with Crippen molar-refractivity contribution < 1.29 is 9.59 Å². The molecule has 0 atom stereocenters. The van der Waals surface area contributed by atoms with Crippen molar-refractivity contribution in [3.8, 4) is 0 Å². The molecule has 1 aromatic carbocycles. The van der Waals surface area contributed by atoms with Gasteiger partial charge in [-0.15, -0.1) is 11.6 Å². The highest BCUT2D eigenvalue weighted by molar-refractivity contribution is 6.66. The Kier molecular flexibility index (Phi) is 5.80. The van der Waals surface area contributed by atoms with Gasteiger partial charge in [-0.1, -0.05) is 18.2 Å². The highest BCUT2D eigenvalue weighted by Crippen LogP contribution is 2.14. The van der Waals surface area contributed by atoms with E-state index in [0.717, 1.165) is 0 Å². The molecule has 0 heterocycles. The van der Waals surface area contributed by atoms with Crippen LogP contribution >= 0.6 is 23.2 Å². The topological polar surface area (TPSA) is 49.4 Å². The highest BCUT2D eigenvalue weighted by atomic mass is 35.5. The molecule has 6 heteroatoms. The summed E-state index contributed by atoms with van der Waals surface area (Å²) in [5.41, 5.74) is 0.688. The second-order valence-electron chi connectivity index (χ2n) is 3.22. The van der Waals surface area contributed by atoms with Crippen molar-refractivity contribution in [2.45, 2.75) is 0 Å². The highest BCUT2D eigenvalue weighted by Gasteiger charge is 2.12. The monoisotopic (exact) mass is 274 g/mol. The number of carbonyl (C=O) groups excluding carboxylic acids is 2. The average molecular weight is 275 g/mol. The Morgan fingerprint density at radius 1 is 1.24 bits per heavy atom. The van der Waals surface area contributed by atoms with E-state index in [1.54, 1.807) is 24.3 Å². The van der Waals surface area contributed by atoms with Crippen molar-refractivity contribution >= 4 is 40.2 Å². The molecule has 0 radical (unpaired) electrons. The van der Waals surface area contributed by atoms with Crippen LogP contribution in [-0.2, 0) is 4.79 Å². The number of nitrogens with one attached hydrogen (secondary N) is 1. The van der Waals surface area contributed by atoms with Crippen LogP contribution in [0.2, 0.25) is 0 Å². The minimum Gasteiger partial charge on any atom is -0.353 e. The zero-order valence-corrected chi connectivity index (χ0v) is 10.5. The van der Waals surface area contributed by atoms with Gasteiger partial charge in [0.15, 0.2) is 0 Å². The number of nitrogens with zero attached hydrogens (tertiary/aromatic N) is 1. The minimum absolute atomic E-state index is 0.0971. The van der Waals surface area contributed by atoms with Gasteiger partial charge in [-0.2, -0.15) is 0 Å². The van der Waals surface area contributed by atoms with E-state index in [-0.39, 0.29) is 11.8 Å². The zero-order valence-electron chi connectivity index (χ0n) is 9.03. The molecule has 0 aromatic heterocycles. The summed E-state index contributed by atoms with van der Waals surface area (Å²) >= 11 is 10.8. The summed E-state index contributed by atoms with van der Waals surface area (Å²) in [6, 6.07) is 8.99. The lowest BCUT2D eigenvalue weighted by molar-refractivity contribution is -0.118. The van der Waals surface area contributed by atoms with Gasteiger partial charge in [-0.3, -0.25) is 14.5 Å². The van der Waals surface area contributed by atoms with Gasteiger partial charge in [-0.05, 0) is 23.7 Å². The second-order valence-corrected chi connectivity index (χ2v) is 3.81. The van der Waals surface area contributed by atoms with Crippen molar-refractivity contribution in [1.82, 2.24) is 5.32 Å². The third-order valence-corrected chi connectivity index (χ3v) is 2.51. The first-order chi connectivity index (χ1) is 8.15. The summed E-state index contributed by atoms with van der Waals surface area (Å²) < 4.78 is 0. The summed E-state index contributed by atoms with van der Waals surface area (Å²) in [6.07, 6.45) is 0. The van der Waals surface area contributed by atoms with Crippen molar-refractivity contribution in [2.75, 3.05) is 23.9 Å². The molecule has 17 heavy (non-hydrogen) atoms. The number of hydrogen-bond donors (Lipinski definition) is 1. The summed E-state index contributed by atoms with van der Waals surface area (Å²) in [7, 11) is 0. The van der Waals surface area contributed by atoms with Gasteiger partial charge in [0.25, 0.3) is 0 Å². The van der Waals surface area contributed by atoms with Gasteiger partial charge in [0.2, 0.25) is 5.91 Å². The molecule has 4 nitrogen and oxygen atoms in total. The lowest BCUT2D eigenvalue weighted by Crippen LogP contribution is -2.36. The SMILES string of the molecule is O=C(CCl)NCCN(C(=O)Cl)c1ccccc1. The summed E-state index contributed by atoms with van der Waals surface area (Å²) in [4.78, 5) is 23.5.